The summed E-state index contributed by atoms with van der Waals surface area (Å²) in [5, 5.41) is 2.47. The fraction of sp³-hybridized carbons (Fsp3) is 0.312. The molecule has 2 aromatic heterocycles. The van der Waals surface area contributed by atoms with Crippen LogP contribution in [0.4, 0.5) is 10.6 Å². The first-order chi connectivity index (χ1) is 12.5. The zero-order valence-corrected chi connectivity index (χ0v) is 14.9. The predicted octanol–water partition coefficient (Wildman–Crippen LogP) is 1.34. The number of carbonyl (C=O) groups is 1. The third-order valence-electron chi connectivity index (χ3n) is 3.83. The standard InChI is InChI=1S/C16H18N4O5S/c1-24-16(21)19-15-9-12(2-3-18-15)13-8-14(11-17-10-13)26(22,23)20-4-6-25-7-5-20/h2-3,8-11H,4-7H2,1H3,(H,18,19,21). The van der Waals surface area contributed by atoms with E-state index in [4.69, 9.17) is 4.74 Å². The highest BCUT2D eigenvalue weighted by Crippen LogP contribution is 2.25. The number of ether oxygens (including phenoxy) is 2. The van der Waals surface area contributed by atoms with Gasteiger partial charge in [0, 0.05) is 37.2 Å². The molecule has 10 heteroatoms. The molecule has 0 bridgehead atoms. The summed E-state index contributed by atoms with van der Waals surface area (Å²) in [7, 11) is -2.39. The quantitative estimate of drug-likeness (QED) is 0.855. The van der Waals surface area contributed by atoms with Crippen molar-refractivity contribution in [1.29, 1.82) is 0 Å². The number of pyridine rings is 2. The highest BCUT2D eigenvalue weighted by molar-refractivity contribution is 7.89. The first-order valence-corrected chi connectivity index (χ1v) is 9.29. The van der Waals surface area contributed by atoms with Crippen LogP contribution in [-0.2, 0) is 19.5 Å². The Bertz CT molecular complexity index is 897. The Labute approximate surface area is 151 Å². The average Bonchev–Trinajstić information content (AvgIpc) is 2.69. The van der Waals surface area contributed by atoms with E-state index >= 15 is 0 Å². The lowest BCUT2D eigenvalue weighted by molar-refractivity contribution is 0.0730. The molecule has 2 aromatic rings. The van der Waals surface area contributed by atoms with Crippen molar-refractivity contribution in [2.75, 3.05) is 38.7 Å². The smallest absolute Gasteiger partial charge is 0.412 e. The largest absolute Gasteiger partial charge is 0.453 e. The Morgan fingerprint density at radius 1 is 1.23 bits per heavy atom. The summed E-state index contributed by atoms with van der Waals surface area (Å²) < 4.78 is 36.7. The zero-order valence-electron chi connectivity index (χ0n) is 14.1. The van der Waals surface area contributed by atoms with Crippen LogP contribution in [0.2, 0.25) is 0 Å². The van der Waals surface area contributed by atoms with Crippen LogP contribution >= 0.6 is 0 Å². The molecule has 1 fully saturated rings. The lowest BCUT2D eigenvalue weighted by Gasteiger charge is -2.26. The molecule has 1 saturated heterocycles. The van der Waals surface area contributed by atoms with Gasteiger partial charge in [-0.25, -0.2) is 18.2 Å². The number of nitrogens with zero attached hydrogens (tertiary/aromatic N) is 3. The minimum atomic E-state index is -3.64. The van der Waals surface area contributed by atoms with E-state index < -0.39 is 16.1 Å². The van der Waals surface area contributed by atoms with Crippen molar-refractivity contribution in [3.8, 4) is 11.1 Å². The second-order valence-electron chi connectivity index (χ2n) is 5.47. The first kappa shape index (κ1) is 18.2. The van der Waals surface area contributed by atoms with Gasteiger partial charge in [-0.15, -0.1) is 0 Å². The van der Waals surface area contributed by atoms with Gasteiger partial charge in [0.2, 0.25) is 10.0 Å². The van der Waals surface area contributed by atoms with Crippen LogP contribution in [0.5, 0.6) is 0 Å². The normalized spacial score (nSPS) is 15.4. The number of hydrogen-bond acceptors (Lipinski definition) is 7. The van der Waals surface area contributed by atoms with E-state index in [1.807, 2.05) is 0 Å². The highest BCUT2D eigenvalue weighted by atomic mass is 32.2. The number of sulfonamides is 1. The van der Waals surface area contributed by atoms with Crippen molar-refractivity contribution < 1.29 is 22.7 Å². The summed E-state index contributed by atoms with van der Waals surface area (Å²) in [5.74, 6) is 0.288. The van der Waals surface area contributed by atoms with Crippen molar-refractivity contribution in [2.24, 2.45) is 0 Å². The highest BCUT2D eigenvalue weighted by Gasteiger charge is 2.26. The number of hydrogen-bond donors (Lipinski definition) is 1. The van der Waals surface area contributed by atoms with Crippen LogP contribution in [0.15, 0.2) is 41.7 Å². The minimum Gasteiger partial charge on any atom is -0.453 e. The van der Waals surface area contributed by atoms with Crippen molar-refractivity contribution in [3.05, 3.63) is 36.8 Å². The van der Waals surface area contributed by atoms with Crippen LogP contribution in [0.3, 0.4) is 0 Å². The van der Waals surface area contributed by atoms with Gasteiger partial charge in [0.25, 0.3) is 0 Å². The van der Waals surface area contributed by atoms with Crippen molar-refractivity contribution in [3.63, 3.8) is 0 Å². The Hall–Kier alpha value is -2.56. The number of rotatable bonds is 4. The molecule has 3 heterocycles. The van der Waals surface area contributed by atoms with E-state index in [0.717, 1.165) is 0 Å². The molecule has 26 heavy (non-hydrogen) atoms. The molecule has 9 nitrogen and oxygen atoms in total. The molecule has 1 aliphatic heterocycles. The Morgan fingerprint density at radius 2 is 2.00 bits per heavy atom. The molecule has 0 aliphatic carbocycles. The summed E-state index contributed by atoms with van der Waals surface area (Å²) in [4.78, 5) is 19.5. The molecule has 1 amide bonds. The molecule has 138 valence electrons. The van der Waals surface area contributed by atoms with Gasteiger partial charge in [0.15, 0.2) is 0 Å². The second kappa shape index (κ2) is 7.77. The van der Waals surface area contributed by atoms with Crippen molar-refractivity contribution in [1.82, 2.24) is 14.3 Å². The maximum absolute atomic E-state index is 12.8. The van der Waals surface area contributed by atoms with Crippen molar-refractivity contribution in [2.45, 2.75) is 4.90 Å². The van der Waals surface area contributed by atoms with E-state index in [1.165, 1.54) is 23.8 Å². The van der Waals surface area contributed by atoms with Gasteiger partial charge in [0.05, 0.1) is 20.3 Å². The van der Waals surface area contributed by atoms with E-state index in [0.29, 0.717) is 37.4 Å². The van der Waals surface area contributed by atoms with Gasteiger partial charge in [-0.3, -0.25) is 10.3 Å². The number of methoxy groups -OCH3 is 1. The Kier molecular flexibility index (Phi) is 5.45. The Morgan fingerprint density at radius 3 is 2.73 bits per heavy atom. The van der Waals surface area contributed by atoms with Gasteiger partial charge in [-0.2, -0.15) is 4.31 Å². The van der Waals surface area contributed by atoms with Crippen LogP contribution in [0.1, 0.15) is 0 Å². The Balaban J connectivity index is 1.90. The SMILES string of the molecule is COC(=O)Nc1cc(-c2cncc(S(=O)(=O)N3CCOCC3)c2)ccn1. The van der Waals surface area contributed by atoms with Gasteiger partial charge in [0.1, 0.15) is 10.7 Å². The fourth-order valence-electron chi connectivity index (χ4n) is 2.49. The summed E-state index contributed by atoms with van der Waals surface area (Å²) in [5.41, 5.74) is 1.26. The third-order valence-corrected chi connectivity index (χ3v) is 5.69. The summed E-state index contributed by atoms with van der Waals surface area (Å²) >= 11 is 0. The molecular formula is C16H18N4O5S. The molecule has 0 saturated carbocycles. The number of nitrogens with one attached hydrogen (secondary N) is 1. The second-order valence-corrected chi connectivity index (χ2v) is 7.41. The molecular weight excluding hydrogens is 360 g/mol. The predicted molar refractivity (Wildman–Crippen MR) is 93.1 cm³/mol. The third kappa shape index (κ3) is 3.98. The number of amides is 1. The van der Waals surface area contributed by atoms with Gasteiger partial charge >= 0.3 is 6.09 Å². The van der Waals surface area contributed by atoms with E-state index in [9.17, 15) is 13.2 Å². The van der Waals surface area contributed by atoms with Gasteiger partial charge in [-0.05, 0) is 23.8 Å². The zero-order chi connectivity index (χ0) is 18.6. The molecule has 0 spiro atoms. The van der Waals surface area contributed by atoms with Crippen LogP contribution in [0.25, 0.3) is 11.1 Å². The van der Waals surface area contributed by atoms with Crippen molar-refractivity contribution >= 4 is 21.9 Å². The number of morpholine rings is 1. The van der Waals surface area contributed by atoms with E-state index in [2.05, 4.69) is 20.0 Å². The molecule has 1 N–H and O–H groups in total. The lowest BCUT2D eigenvalue weighted by atomic mass is 10.1. The number of anilines is 1. The van der Waals surface area contributed by atoms with Gasteiger partial charge < -0.3 is 9.47 Å². The molecule has 3 rings (SSSR count). The molecule has 0 unspecified atom stereocenters. The monoisotopic (exact) mass is 378 g/mol. The number of aromatic nitrogens is 2. The van der Waals surface area contributed by atoms with E-state index in [-0.39, 0.29) is 10.7 Å². The topological polar surface area (TPSA) is 111 Å². The molecule has 0 atom stereocenters. The minimum absolute atomic E-state index is 0.108. The first-order valence-electron chi connectivity index (χ1n) is 7.85. The van der Waals surface area contributed by atoms with Crippen LogP contribution in [0, 0.1) is 0 Å². The van der Waals surface area contributed by atoms with Crippen LogP contribution < -0.4 is 5.32 Å². The fourth-order valence-corrected chi connectivity index (χ4v) is 3.89. The van der Waals surface area contributed by atoms with Gasteiger partial charge in [-0.1, -0.05) is 0 Å². The summed E-state index contributed by atoms with van der Waals surface area (Å²) in [6.45, 7) is 1.38. The lowest BCUT2D eigenvalue weighted by Crippen LogP contribution is -2.40. The molecule has 0 radical (unpaired) electrons. The average molecular weight is 378 g/mol. The van der Waals surface area contributed by atoms with E-state index in [1.54, 1.807) is 24.4 Å². The maximum atomic E-state index is 12.8. The summed E-state index contributed by atoms with van der Waals surface area (Å²) in [6.07, 6.45) is 3.74. The summed E-state index contributed by atoms with van der Waals surface area (Å²) in [6, 6.07) is 4.86. The molecule has 0 aromatic carbocycles. The maximum Gasteiger partial charge on any atom is 0.412 e. The number of carbonyl (C=O) groups excluding carboxylic acids is 1. The molecule has 1 aliphatic rings. The van der Waals surface area contributed by atoms with Crippen LogP contribution in [-0.4, -0.2) is 62.2 Å².